The molecule has 94 valence electrons. The van der Waals surface area contributed by atoms with Gasteiger partial charge in [0.2, 0.25) is 5.95 Å². The van der Waals surface area contributed by atoms with Crippen LogP contribution in [0.1, 0.15) is 24.1 Å². The van der Waals surface area contributed by atoms with Crippen molar-refractivity contribution in [2.45, 2.75) is 32.7 Å². The van der Waals surface area contributed by atoms with E-state index in [1.807, 2.05) is 6.92 Å². The summed E-state index contributed by atoms with van der Waals surface area (Å²) in [6.07, 6.45) is 4.59. The molecule has 1 aromatic carbocycles. The first-order chi connectivity index (χ1) is 8.65. The fourth-order valence-electron chi connectivity index (χ4n) is 2.05. The largest absolute Gasteiger partial charge is 0.353 e. The lowest BCUT2D eigenvalue weighted by molar-refractivity contribution is 0.992. The van der Waals surface area contributed by atoms with Crippen molar-refractivity contribution in [1.29, 1.82) is 0 Å². The lowest BCUT2D eigenvalue weighted by atomic mass is 10.2. The number of aryl methyl sites for hydroxylation is 1. The van der Waals surface area contributed by atoms with Gasteiger partial charge in [0.1, 0.15) is 0 Å². The summed E-state index contributed by atoms with van der Waals surface area (Å²) in [6, 6.07) is 6.86. The number of hydrogen-bond acceptors (Lipinski definition) is 2. The van der Waals surface area contributed by atoms with Gasteiger partial charge in [-0.1, -0.05) is 22.0 Å². The maximum atomic E-state index is 4.57. The van der Waals surface area contributed by atoms with E-state index in [1.54, 1.807) is 0 Å². The topological polar surface area (TPSA) is 29.9 Å². The molecule has 1 N–H and O–H groups in total. The zero-order valence-electron chi connectivity index (χ0n) is 10.6. The Hall–Kier alpha value is -1.29. The fraction of sp³-hybridized carbons (Fsp3) is 0.357. The summed E-state index contributed by atoms with van der Waals surface area (Å²) in [5, 5.41) is 3.49. The van der Waals surface area contributed by atoms with Gasteiger partial charge in [-0.3, -0.25) is 4.57 Å². The van der Waals surface area contributed by atoms with Crippen LogP contribution < -0.4 is 5.32 Å². The summed E-state index contributed by atoms with van der Waals surface area (Å²) < 4.78 is 3.28. The van der Waals surface area contributed by atoms with Gasteiger partial charge in [-0.15, -0.1) is 0 Å². The number of imidazole rings is 1. The van der Waals surface area contributed by atoms with E-state index in [9.17, 15) is 0 Å². The smallest absolute Gasteiger partial charge is 0.207 e. The lowest BCUT2D eigenvalue weighted by Gasteiger charge is -2.12. The van der Waals surface area contributed by atoms with Gasteiger partial charge in [0.15, 0.2) is 0 Å². The summed E-state index contributed by atoms with van der Waals surface area (Å²) in [4.78, 5) is 4.57. The average molecular weight is 306 g/mol. The summed E-state index contributed by atoms with van der Waals surface area (Å²) >= 11 is 3.58. The molecule has 18 heavy (non-hydrogen) atoms. The fourth-order valence-corrected chi connectivity index (χ4v) is 2.41. The van der Waals surface area contributed by atoms with E-state index >= 15 is 0 Å². The molecule has 3 nitrogen and oxygen atoms in total. The normalized spacial score (nSPS) is 14.8. The number of aromatic nitrogens is 2. The van der Waals surface area contributed by atoms with Crippen molar-refractivity contribution in [3.63, 3.8) is 0 Å². The second-order valence-corrected chi connectivity index (χ2v) is 5.73. The van der Waals surface area contributed by atoms with Crippen molar-refractivity contribution in [3.05, 3.63) is 40.1 Å². The molecule has 0 aliphatic heterocycles. The molecule has 1 aliphatic rings. The molecule has 0 bridgehead atoms. The van der Waals surface area contributed by atoms with Gasteiger partial charge in [-0.2, -0.15) is 0 Å². The molecule has 2 aromatic rings. The second-order valence-electron chi connectivity index (χ2n) is 4.88. The predicted molar refractivity (Wildman–Crippen MR) is 77.4 cm³/mol. The lowest BCUT2D eigenvalue weighted by Crippen LogP contribution is -2.08. The quantitative estimate of drug-likeness (QED) is 0.934. The summed E-state index contributed by atoms with van der Waals surface area (Å²) in [5.74, 6) is 0.955. The Morgan fingerprint density at radius 3 is 2.83 bits per heavy atom. The Balaban J connectivity index is 2.06. The minimum absolute atomic E-state index is 0.609. The van der Waals surface area contributed by atoms with E-state index in [2.05, 4.69) is 62.1 Å². The van der Waals surface area contributed by atoms with Gasteiger partial charge in [0.25, 0.3) is 0 Å². The van der Waals surface area contributed by atoms with Gasteiger partial charge in [-0.25, -0.2) is 4.98 Å². The molecule has 1 aromatic heterocycles. The minimum Gasteiger partial charge on any atom is -0.353 e. The Bertz CT molecular complexity index is 585. The Labute approximate surface area is 115 Å². The van der Waals surface area contributed by atoms with E-state index in [1.165, 1.54) is 24.1 Å². The molecular weight excluding hydrogens is 290 g/mol. The van der Waals surface area contributed by atoms with Gasteiger partial charge in [0.05, 0.1) is 11.4 Å². The second kappa shape index (κ2) is 4.43. The maximum absolute atomic E-state index is 4.57. The van der Waals surface area contributed by atoms with Crippen LogP contribution in [0, 0.1) is 13.8 Å². The van der Waals surface area contributed by atoms with Crippen LogP contribution in [0.25, 0.3) is 5.69 Å². The van der Waals surface area contributed by atoms with Crippen molar-refractivity contribution in [3.8, 4) is 5.69 Å². The molecule has 1 fully saturated rings. The van der Waals surface area contributed by atoms with Crippen molar-refractivity contribution in [2.75, 3.05) is 5.32 Å². The molecule has 4 heteroatoms. The third-order valence-electron chi connectivity index (χ3n) is 3.24. The monoisotopic (exact) mass is 305 g/mol. The minimum atomic E-state index is 0.609. The number of hydrogen-bond donors (Lipinski definition) is 1. The summed E-state index contributed by atoms with van der Waals surface area (Å²) in [5.41, 5.74) is 3.44. The van der Waals surface area contributed by atoms with Crippen molar-refractivity contribution in [1.82, 2.24) is 9.55 Å². The molecule has 0 amide bonds. The van der Waals surface area contributed by atoms with Gasteiger partial charge in [0, 0.05) is 16.7 Å². The number of benzene rings is 1. The van der Waals surface area contributed by atoms with Gasteiger partial charge >= 0.3 is 0 Å². The molecule has 1 heterocycles. The molecule has 1 aliphatic carbocycles. The number of halogens is 1. The van der Waals surface area contributed by atoms with Crippen molar-refractivity contribution >= 4 is 21.9 Å². The Morgan fingerprint density at radius 2 is 2.11 bits per heavy atom. The number of rotatable bonds is 3. The van der Waals surface area contributed by atoms with Gasteiger partial charge < -0.3 is 5.32 Å². The van der Waals surface area contributed by atoms with E-state index in [-0.39, 0.29) is 0 Å². The SMILES string of the molecule is Cc1cn(-c2cccc(Br)c2C)c(NC2CC2)n1. The molecular formula is C14H16BrN3. The zero-order valence-corrected chi connectivity index (χ0v) is 12.2. The van der Waals surface area contributed by atoms with Crippen LogP contribution in [0.4, 0.5) is 5.95 Å². The number of anilines is 1. The van der Waals surface area contributed by atoms with Gasteiger partial charge in [-0.05, 0) is 44.4 Å². The molecule has 0 atom stereocenters. The third kappa shape index (κ3) is 2.17. The predicted octanol–water partition coefficient (Wildman–Crippen LogP) is 3.83. The van der Waals surface area contributed by atoms with Crippen LogP contribution in [-0.4, -0.2) is 15.6 Å². The van der Waals surface area contributed by atoms with Crippen molar-refractivity contribution < 1.29 is 0 Å². The highest BCUT2D eigenvalue weighted by Crippen LogP contribution is 2.29. The van der Waals surface area contributed by atoms with E-state index in [0.29, 0.717) is 6.04 Å². The summed E-state index contributed by atoms with van der Waals surface area (Å²) in [7, 11) is 0. The van der Waals surface area contributed by atoms with Crippen molar-refractivity contribution in [2.24, 2.45) is 0 Å². The van der Waals surface area contributed by atoms with Crippen LogP contribution >= 0.6 is 15.9 Å². The zero-order chi connectivity index (χ0) is 12.7. The highest BCUT2D eigenvalue weighted by molar-refractivity contribution is 9.10. The Kier molecular flexibility index (Phi) is 2.90. The first-order valence-corrected chi connectivity index (χ1v) is 7.02. The first kappa shape index (κ1) is 11.8. The molecule has 0 radical (unpaired) electrons. The molecule has 0 saturated heterocycles. The van der Waals surface area contributed by atoms with Crippen LogP contribution in [0.15, 0.2) is 28.9 Å². The third-order valence-corrected chi connectivity index (χ3v) is 4.09. The highest BCUT2D eigenvalue weighted by Gasteiger charge is 2.23. The number of nitrogens with zero attached hydrogens (tertiary/aromatic N) is 2. The highest BCUT2D eigenvalue weighted by atomic mass is 79.9. The van der Waals surface area contributed by atoms with E-state index < -0.39 is 0 Å². The average Bonchev–Trinajstić information content (AvgIpc) is 3.06. The van der Waals surface area contributed by atoms with E-state index in [0.717, 1.165) is 16.1 Å². The maximum Gasteiger partial charge on any atom is 0.207 e. The molecule has 3 rings (SSSR count). The first-order valence-electron chi connectivity index (χ1n) is 6.23. The summed E-state index contributed by atoms with van der Waals surface area (Å²) in [6.45, 7) is 4.15. The van der Waals surface area contributed by atoms with E-state index in [4.69, 9.17) is 0 Å². The van der Waals surface area contributed by atoms with Crippen LogP contribution in [-0.2, 0) is 0 Å². The number of nitrogens with one attached hydrogen (secondary N) is 1. The van der Waals surface area contributed by atoms with Crippen LogP contribution in [0.5, 0.6) is 0 Å². The molecule has 0 spiro atoms. The molecule has 0 unspecified atom stereocenters. The van der Waals surface area contributed by atoms with Crippen LogP contribution in [0.2, 0.25) is 0 Å². The standard InChI is InChI=1S/C14H16BrN3/c1-9-8-18(14(16-9)17-11-6-7-11)13-5-3-4-12(15)10(13)2/h3-5,8,11H,6-7H2,1-2H3,(H,16,17). The van der Waals surface area contributed by atoms with Crippen LogP contribution in [0.3, 0.4) is 0 Å². The Morgan fingerprint density at radius 1 is 1.33 bits per heavy atom. The molecule has 1 saturated carbocycles.